The summed E-state index contributed by atoms with van der Waals surface area (Å²) in [6.07, 6.45) is 4.79. The van der Waals surface area contributed by atoms with Crippen LogP contribution >= 0.6 is 0 Å². The molecule has 28 heavy (non-hydrogen) atoms. The highest BCUT2D eigenvalue weighted by atomic mass is 16.5. The summed E-state index contributed by atoms with van der Waals surface area (Å²) in [4.78, 5) is 45.7. The van der Waals surface area contributed by atoms with Gasteiger partial charge in [0.05, 0.1) is 29.3 Å². The van der Waals surface area contributed by atoms with Gasteiger partial charge in [-0.15, -0.1) is 0 Å². The fourth-order valence-corrected chi connectivity index (χ4v) is 3.23. The Morgan fingerprint density at radius 2 is 2.00 bits per heavy atom. The molecule has 0 aliphatic carbocycles. The summed E-state index contributed by atoms with van der Waals surface area (Å²) in [5.41, 5.74) is 0.781. The second-order valence-electron chi connectivity index (χ2n) is 6.51. The van der Waals surface area contributed by atoms with E-state index in [0.29, 0.717) is 16.5 Å². The molecule has 9 heteroatoms. The highest BCUT2D eigenvalue weighted by molar-refractivity contribution is 5.98. The van der Waals surface area contributed by atoms with Gasteiger partial charge in [-0.05, 0) is 38.0 Å². The third kappa shape index (κ3) is 3.26. The van der Waals surface area contributed by atoms with E-state index in [0.717, 1.165) is 25.9 Å². The Morgan fingerprint density at radius 1 is 1.21 bits per heavy atom. The summed E-state index contributed by atoms with van der Waals surface area (Å²) < 4.78 is 6.23. The van der Waals surface area contributed by atoms with Gasteiger partial charge in [-0.3, -0.25) is 14.6 Å². The van der Waals surface area contributed by atoms with E-state index >= 15 is 0 Å². The molecule has 0 unspecified atom stereocenters. The minimum Gasteiger partial charge on any atom is -0.462 e. The summed E-state index contributed by atoms with van der Waals surface area (Å²) in [5.74, 6) is -0.400. The first-order valence-electron chi connectivity index (χ1n) is 9.12. The second-order valence-corrected chi connectivity index (χ2v) is 6.51. The van der Waals surface area contributed by atoms with E-state index < -0.39 is 5.97 Å². The predicted molar refractivity (Wildman–Crippen MR) is 101 cm³/mol. The Hall–Kier alpha value is -3.49. The number of benzene rings is 1. The van der Waals surface area contributed by atoms with Crippen LogP contribution in [-0.4, -0.2) is 56.2 Å². The molecule has 1 N–H and O–H groups in total. The minimum atomic E-state index is -0.498. The number of rotatable bonds is 4. The van der Waals surface area contributed by atoms with Gasteiger partial charge in [-0.25, -0.2) is 14.5 Å². The van der Waals surface area contributed by atoms with Crippen LogP contribution in [0.2, 0.25) is 0 Å². The van der Waals surface area contributed by atoms with Crippen molar-refractivity contribution >= 4 is 22.8 Å². The molecule has 3 aromatic rings. The Labute approximate surface area is 159 Å². The van der Waals surface area contributed by atoms with Gasteiger partial charge in [0.2, 0.25) is 5.95 Å². The zero-order valence-corrected chi connectivity index (χ0v) is 15.3. The highest BCUT2D eigenvalue weighted by Crippen LogP contribution is 2.17. The molecule has 144 valence electrons. The van der Waals surface area contributed by atoms with Crippen LogP contribution in [0.3, 0.4) is 0 Å². The van der Waals surface area contributed by atoms with E-state index in [4.69, 9.17) is 4.74 Å². The number of H-pyrrole nitrogens is 1. The van der Waals surface area contributed by atoms with Crippen molar-refractivity contribution in [1.82, 2.24) is 24.6 Å². The summed E-state index contributed by atoms with van der Waals surface area (Å²) in [5, 5.41) is 4.38. The van der Waals surface area contributed by atoms with E-state index in [9.17, 15) is 14.4 Å². The van der Waals surface area contributed by atoms with Gasteiger partial charge in [-0.2, -0.15) is 5.10 Å². The Kier molecular flexibility index (Phi) is 4.64. The van der Waals surface area contributed by atoms with Crippen LogP contribution in [0.1, 0.15) is 40.5 Å². The van der Waals surface area contributed by atoms with Crippen LogP contribution < -0.4 is 5.56 Å². The number of fused-ring (bicyclic) bond motifs is 1. The summed E-state index contributed by atoms with van der Waals surface area (Å²) >= 11 is 0. The van der Waals surface area contributed by atoms with Crippen molar-refractivity contribution in [2.75, 3.05) is 19.7 Å². The van der Waals surface area contributed by atoms with Crippen LogP contribution in [0.4, 0.5) is 0 Å². The topological polar surface area (TPSA) is 110 Å². The first kappa shape index (κ1) is 17.9. The molecule has 1 saturated heterocycles. The molecule has 1 fully saturated rings. The maximum atomic E-state index is 12.6. The Bertz CT molecular complexity index is 1110. The van der Waals surface area contributed by atoms with Gasteiger partial charge < -0.3 is 9.64 Å². The monoisotopic (exact) mass is 381 g/mol. The number of hydrogen-bond donors (Lipinski definition) is 1. The van der Waals surface area contributed by atoms with E-state index in [1.54, 1.807) is 30.0 Å². The maximum Gasteiger partial charge on any atom is 0.341 e. The van der Waals surface area contributed by atoms with Crippen molar-refractivity contribution in [2.45, 2.75) is 19.8 Å². The number of amides is 1. The zero-order chi connectivity index (χ0) is 19.7. The van der Waals surface area contributed by atoms with Gasteiger partial charge in [0.15, 0.2) is 0 Å². The number of esters is 1. The van der Waals surface area contributed by atoms with E-state index in [1.165, 1.54) is 17.1 Å². The van der Waals surface area contributed by atoms with E-state index in [2.05, 4.69) is 15.1 Å². The average molecular weight is 381 g/mol. The lowest BCUT2D eigenvalue weighted by atomic mass is 10.1. The van der Waals surface area contributed by atoms with Gasteiger partial charge in [0, 0.05) is 24.8 Å². The SMILES string of the molecule is CCOC(=O)c1cnn(-c2nc3ccc(C(=O)N4CCCC4)cc3c(=O)[nH]2)c1. The number of nitrogens with one attached hydrogen (secondary N) is 1. The lowest BCUT2D eigenvalue weighted by molar-refractivity contribution is 0.0526. The minimum absolute atomic E-state index is 0.0750. The number of hydrogen-bond acceptors (Lipinski definition) is 6. The molecule has 0 saturated carbocycles. The molecular formula is C19H19N5O4. The first-order valence-corrected chi connectivity index (χ1v) is 9.12. The fraction of sp³-hybridized carbons (Fsp3) is 0.316. The van der Waals surface area contributed by atoms with Crippen LogP contribution in [0.5, 0.6) is 0 Å². The van der Waals surface area contributed by atoms with Gasteiger partial charge in [0.25, 0.3) is 11.5 Å². The van der Waals surface area contributed by atoms with E-state index in [-0.39, 0.29) is 29.6 Å². The van der Waals surface area contributed by atoms with Crippen molar-refractivity contribution in [3.05, 3.63) is 52.1 Å². The van der Waals surface area contributed by atoms with Crippen LogP contribution in [0.15, 0.2) is 35.4 Å². The summed E-state index contributed by atoms with van der Waals surface area (Å²) in [6.45, 7) is 3.46. The second kappa shape index (κ2) is 7.26. The summed E-state index contributed by atoms with van der Waals surface area (Å²) in [7, 11) is 0. The quantitative estimate of drug-likeness (QED) is 0.686. The molecule has 0 atom stereocenters. The molecule has 0 radical (unpaired) electrons. The van der Waals surface area contributed by atoms with Crippen LogP contribution in [-0.2, 0) is 4.74 Å². The Balaban J connectivity index is 1.67. The molecule has 1 aliphatic heterocycles. The number of aromatic amines is 1. The molecule has 2 aromatic heterocycles. The van der Waals surface area contributed by atoms with Crippen LogP contribution in [0.25, 0.3) is 16.9 Å². The third-order valence-electron chi connectivity index (χ3n) is 4.64. The van der Waals surface area contributed by atoms with Gasteiger partial charge in [-0.1, -0.05) is 0 Å². The standard InChI is InChI=1S/C19H19N5O4/c1-2-28-18(27)13-10-20-24(11-13)19-21-15-6-5-12(9-14(15)16(25)22-19)17(26)23-7-3-4-8-23/h5-6,9-11H,2-4,7-8H2,1H3,(H,21,22,25). The molecule has 4 rings (SSSR count). The average Bonchev–Trinajstić information content (AvgIpc) is 3.39. The number of aromatic nitrogens is 4. The van der Waals surface area contributed by atoms with Crippen molar-refractivity contribution in [3.8, 4) is 5.95 Å². The van der Waals surface area contributed by atoms with E-state index in [1.807, 2.05) is 0 Å². The molecule has 1 aromatic carbocycles. The lowest BCUT2D eigenvalue weighted by Crippen LogP contribution is -2.27. The number of carbonyl (C=O) groups excluding carboxylic acids is 2. The third-order valence-corrected chi connectivity index (χ3v) is 4.64. The predicted octanol–water partition coefficient (Wildman–Crippen LogP) is 1.52. The molecule has 0 bridgehead atoms. The van der Waals surface area contributed by atoms with Crippen molar-refractivity contribution in [2.24, 2.45) is 0 Å². The lowest BCUT2D eigenvalue weighted by Gasteiger charge is -2.15. The number of ether oxygens (including phenoxy) is 1. The fourth-order valence-electron chi connectivity index (χ4n) is 3.23. The van der Waals surface area contributed by atoms with Crippen molar-refractivity contribution in [1.29, 1.82) is 0 Å². The normalized spacial score (nSPS) is 13.8. The molecule has 1 amide bonds. The smallest absolute Gasteiger partial charge is 0.341 e. The molecule has 3 heterocycles. The number of carbonyl (C=O) groups is 2. The summed E-state index contributed by atoms with van der Waals surface area (Å²) in [6, 6.07) is 4.89. The van der Waals surface area contributed by atoms with Crippen molar-refractivity contribution in [3.63, 3.8) is 0 Å². The van der Waals surface area contributed by atoms with Gasteiger partial charge >= 0.3 is 5.97 Å². The van der Waals surface area contributed by atoms with Crippen molar-refractivity contribution < 1.29 is 14.3 Å². The Morgan fingerprint density at radius 3 is 2.75 bits per heavy atom. The molecular weight excluding hydrogens is 362 g/mol. The number of nitrogens with zero attached hydrogens (tertiary/aromatic N) is 4. The highest BCUT2D eigenvalue weighted by Gasteiger charge is 2.20. The molecule has 0 spiro atoms. The zero-order valence-electron chi connectivity index (χ0n) is 15.3. The number of likely N-dealkylation sites (tertiary alicyclic amines) is 1. The van der Waals surface area contributed by atoms with Gasteiger partial charge in [0.1, 0.15) is 0 Å². The maximum absolute atomic E-state index is 12.6. The molecule has 1 aliphatic rings. The van der Waals surface area contributed by atoms with Crippen LogP contribution in [0, 0.1) is 0 Å². The molecule has 9 nitrogen and oxygen atoms in total. The first-order chi connectivity index (χ1) is 13.6. The largest absolute Gasteiger partial charge is 0.462 e.